The van der Waals surface area contributed by atoms with Gasteiger partial charge in [-0.25, -0.2) is 13.6 Å². The highest BCUT2D eigenvalue weighted by Crippen LogP contribution is 2.24. The predicted octanol–water partition coefficient (Wildman–Crippen LogP) is 2.08. The minimum absolute atomic E-state index is 0.0220. The average Bonchev–Trinajstić information content (AvgIpc) is 2.71. The summed E-state index contributed by atoms with van der Waals surface area (Å²) in [6.07, 6.45) is 0.161. The lowest BCUT2D eigenvalue weighted by molar-refractivity contribution is -0.120. The lowest BCUT2D eigenvalue weighted by Gasteiger charge is -2.30. The van der Waals surface area contributed by atoms with Gasteiger partial charge in [0.15, 0.2) is 0 Å². The van der Waals surface area contributed by atoms with Crippen molar-refractivity contribution in [2.45, 2.75) is 31.2 Å². The van der Waals surface area contributed by atoms with Crippen LogP contribution in [0.4, 0.5) is 0 Å². The number of hydrogen-bond acceptors (Lipinski definition) is 5. The Kier molecular flexibility index (Phi) is 8.19. The van der Waals surface area contributed by atoms with Crippen molar-refractivity contribution in [2.75, 3.05) is 26.7 Å². The number of rotatable bonds is 10. The Bertz CT molecular complexity index is 910. The highest BCUT2D eigenvalue weighted by atomic mass is 32.2. The van der Waals surface area contributed by atoms with E-state index in [1.54, 1.807) is 19.2 Å². The monoisotopic (exact) mass is 419 g/mol. The van der Waals surface area contributed by atoms with Gasteiger partial charge < -0.3 is 10.1 Å². The van der Waals surface area contributed by atoms with E-state index in [1.807, 2.05) is 24.3 Å². The van der Waals surface area contributed by atoms with E-state index < -0.39 is 10.0 Å². The third-order valence-electron chi connectivity index (χ3n) is 4.84. The SMILES string of the molecule is CCN(CC)C(CNC(=O)Cc1ccc(S(N)(=O)=O)cc1)c1cccc(OC)c1. The Morgan fingerprint density at radius 1 is 1.14 bits per heavy atom. The second-order valence-corrected chi connectivity index (χ2v) is 8.24. The topological polar surface area (TPSA) is 102 Å². The van der Waals surface area contributed by atoms with Crippen molar-refractivity contribution in [1.82, 2.24) is 10.2 Å². The molecule has 0 bridgehead atoms. The minimum Gasteiger partial charge on any atom is -0.497 e. The molecule has 7 nitrogen and oxygen atoms in total. The van der Waals surface area contributed by atoms with E-state index in [-0.39, 0.29) is 23.3 Å². The number of amides is 1. The zero-order chi connectivity index (χ0) is 21.4. The van der Waals surface area contributed by atoms with Gasteiger partial charge in [-0.2, -0.15) is 0 Å². The molecule has 0 aliphatic rings. The largest absolute Gasteiger partial charge is 0.497 e. The molecule has 0 saturated carbocycles. The van der Waals surface area contributed by atoms with Crippen LogP contribution in [0.2, 0.25) is 0 Å². The number of nitrogens with zero attached hydrogens (tertiary/aromatic N) is 1. The Morgan fingerprint density at radius 3 is 2.34 bits per heavy atom. The number of nitrogens with two attached hydrogens (primary N) is 1. The van der Waals surface area contributed by atoms with E-state index >= 15 is 0 Å². The summed E-state index contributed by atoms with van der Waals surface area (Å²) >= 11 is 0. The quantitative estimate of drug-likeness (QED) is 0.614. The van der Waals surface area contributed by atoms with E-state index in [0.29, 0.717) is 6.54 Å². The average molecular weight is 420 g/mol. The molecule has 1 unspecified atom stereocenters. The molecule has 0 aliphatic heterocycles. The maximum absolute atomic E-state index is 12.5. The second-order valence-electron chi connectivity index (χ2n) is 6.68. The number of primary sulfonamides is 1. The molecular formula is C21H29N3O4S. The molecule has 0 saturated heterocycles. The first-order valence-electron chi connectivity index (χ1n) is 9.54. The molecule has 0 radical (unpaired) electrons. The van der Waals surface area contributed by atoms with Crippen molar-refractivity contribution in [3.8, 4) is 5.75 Å². The van der Waals surface area contributed by atoms with Crippen LogP contribution < -0.4 is 15.2 Å². The van der Waals surface area contributed by atoms with E-state index in [9.17, 15) is 13.2 Å². The molecule has 0 spiro atoms. The van der Waals surface area contributed by atoms with Crippen LogP contribution in [-0.2, 0) is 21.2 Å². The first kappa shape index (κ1) is 22.9. The standard InChI is InChI=1S/C21H29N3O4S/c1-4-24(5-2)20(17-7-6-8-18(14-17)28-3)15-23-21(25)13-16-9-11-19(12-10-16)29(22,26)27/h6-12,14,20H,4-5,13,15H2,1-3H3,(H,23,25)(H2,22,26,27). The van der Waals surface area contributed by atoms with Crippen LogP contribution in [0.25, 0.3) is 0 Å². The van der Waals surface area contributed by atoms with E-state index in [0.717, 1.165) is 30.0 Å². The zero-order valence-electron chi connectivity index (χ0n) is 17.1. The van der Waals surface area contributed by atoms with Gasteiger partial charge in [0, 0.05) is 6.54 Å². The molecule has 2 aromatic carbocycles. The molecule has 1 amide bonds. The van der Waals surface area contributed by atoms with Gasteiger partial charge in [0.2, 0.25) is 15.9 Å². The summed E-state index contributed by atoms with van der Waals surface area (Å²) in [5.41, 5.74) is 1.79. The molecule has 3 N–H and O–H groups in total. The summed E-state index contributed by atoms with van der Waals surface area (Å²) in [5.74, 6) is 0.648. The molecule has 0 heterocycles. The van der Waals surface area contributed by atoms with Crippen LogP contribution in [0.3, 0.4) is 0 Å². The number of likely N-dealkylation sites (N-methyl/N-ethyl adjacent to an activating group) is 1. The third kappa shape index (κ3) is 6.56. The number of carbonyl (C=O) groups excluding carboxylic acids is 1. The molecule has 29 heavy (non-hydrogen) atoms. The lowest BCUT2D eigenvalue weighted by Crippen LogP contribution is -2.38. The minimum atomic E-state index is -3.74. The summed E-state index contributed by atoms with van der Waals surface area (Å²) in [6.45, 7) is 6.34. The van der Waals surface area contributed by atoms with Gasteiger partial charge >= 0.3 is 0 Å². The zero-order valence-corrected chi connectivity index (χ0v) is 17.9. The van der Waals surface area contributed by atoms with Crippen molar-refractivity contribution in [3.05, 3.63) is 59.7 Å². The first-order valence-corrected chi connectivity index (χ1v) is 11.1. The van der Waals surface area contributed by atoms with Crippen molar-refractivity contribution in [3.63, 3.8) is 0 Å². The smallest absolute Gasteiger partial charge is 0.238 e. The van der Waals surface area contributed by atoms with E-state index in [1.165, 1.54) is 12.1 Å². The van der Waals surface area contributed by atoms with Crippen LogP contribution in [0.5, 0.6) is 5.75 Å². The highest BCUT2D eigenvalue weighted by Gasteiger charge is 2.19. The number of ether oxygens (including phenoxy) is 1. The summed E-state index contributed by atoms with van der Waals surface area (Å²) in [6, 6.07) is 13.9. The van der Waals surface area contributed by atoms with Gasteiger partial charge in [0.25, 0.3) is 0 Å². The Morgan fingerprint density at radius 2 is 1.79 bits per heavy atom. The van der Waals surface area contributed by atoms with Gasteiger partial charge in [0.1, 0.15) is 5.75 Å². The number of nitrogens with one attached hydrogen (secondary N) is 1. The molecule has 0 fully saturated rings. The van der Waals surface area contributed by atoms with Crippen molar-refractivity contribution in [2.24, 2.45) is 5.14 Å². The predicted molar refractivity (Wildman–Crippen MR) is 113 cm³/mol. The summed E-state index contributed by atoms with van der Waals surface area (Å²) in [4.78, 5) is 14.8. The Hall–Kier alpha value is -2.42. The molecule has 2 aromatic rings. The van der Waals surface area contributed by atoms with Gasteiger partial charge in [-0.3, -0.25) is 9.69 Å². The van der Waals surface area contributed by atoms with Crippen LogP contribution >= 0.6 is 0 Å². The van der Waals surface area contributed by atoms with Gasteiger partial charge in [-0.05, 0) is 48.5 Å². The van der Waals surface area contributed by atoms with Crippen molar-refractivity contribution >= 4 is 15.9 Å². The van der Waals surface area contributed by atoms with Gasteiger partial charge in [-0.15, -0.1) is 0 Å². The van der Waals surface area contributed by atoms with Crippen LogP contribution in [0.1, 0.15) is 31.0 Å². The maximum Gasteiger partial charge on any atom is 0.238 e. The first-order chi connectivity index (χ1) is 13.8. The van der Waals surface area contributed by atoms with E-state index in [2.05, 4.69) is 24.1 Å². The Balaban J connectivity index is 2.07. The molecule has 0 aliphatic carbocycles. The fourth-order valence-corrected chi connectivity index (χ4v) is 3.74. The number of benzene rings is 2. The maximum atomic E-state index is 12.5. The van der Waals surface area contributed by atoms with Crippen LogP contribution in [0, 0.1) is 0 Å². The molecular weight excluding hydrogens is 390 g/mol. The molecule has 2 rings (SSSR count). The van der Waals surface area contributed by atoms with E-state index in [4.69, 9.17) is 9.88 Å². The normalized spacial score (nSPS) is 12.6. The van der Waals surface area contributed by atoms with Crippen molar-refractivity contribution < 1.29 is 17.9 Å². The molecule has 8 heteroatoms. The van der Waals surface area contributed by atoms with Crippen molar-refractivity contribution in [1.29, 1.82) is 0 Å². The van der Waals surface area contributed by atoms with Crippen LogP contribution in [-0.4, -0.2) is 46.0 Å². The second kappa shape index (κ2) is 10.4. The van der Waals surface area contributed by atoms with Gasteiger partial charge in [-0.1, -0.05) is 38.1 Å². The number of carbonyl (C=O) groups is 1. The molecule has 1 atom stereocenters. The van der Waals surface area contributed by atoms with Gasteiger partial charge in [0.05, 0.1) is 24.5 Å². The molecule has 158 valence electrons. The van der Waals surface area contributed by atoms with Crippen LogP contribution in [0.15, 0.2) is 53.4 Å². The number of methoxy groups -OCH3 is 1. The summed E-state index contributed by atoms with van der Waals surface area (Å²) in [5, 5.41) is 8.10. The fraction of sp³-hybridized carbons (Fsp3) is 0.381. The third-order valence-corrected chi connectivity index (χ3v) is 5.77. The summed E-state index contributed by atoms with van der Waals surface area (Å²) in [7, 11) is -2.10. The number of sulfonamides is 1. The number of hydrogen-bond donors (Lipinski definition) is 2. The fourth-order valence-electron chi connectivity index (χ4n) is 3.23. The molecule has 0 aromatic heterocycles. The summed E-state index contributed by atoms with van der Waals surface area (Å²) < 4.78 is 28.0. The Labute approximate surface area is 172 Å². The lowest BCUT2D eigenvalue weighted by atomic mass is 10.0. The highest BCUT2D eigenvalue weighted by molar-refractivity contribution is 7.89.